The normalized spacial score (nSPS) is 17.8. The van der Waals surface area contributed by atoms with Gasteiger partial charge in [-0.1, -0.05) is 23.9 Å². The van der Waals surface area contributed by atoms with Crippen molar-refractivity contribution in [3.63, 3.8) is 0 Å². The first-order valence-electron chi connectivity index (χ1n) is 5.62. The fourth-order valence-corrected chi connectivity index (χ4v) is 2.50. The van der Waals surface area contributed by atoms with Crippen LogP contribution < -0.4 is 15.8 Å². The van der Waals surface area contributed by atoms with Crippen molar-refractivity contribution >= 4 is 35.3 Å². The van der Waals surface area contributed by atoms with Crippen molar-refractivity contribution in [2.24, 2.45) is 5.73 Å². The smallest absolute Gasteiger partial charge is 0.286 e. The fourth-order valence-electron chi connectivity index (χ4n) is 1.64. The average molecular weight is 303 g/mol. The molecule has 1 aliphatic heterocycles. The number of imide groups is 1. The van der Waals surface area contributed by atoms with Gasteiger partial charge in [-0.15, -0.1) is 12.4 Å². The monoisotopic (exact) mass is 302 g/mol. The third-order valence-electron chi connectivity index (χ3n) is 2.50. The molecule has 0 radical (unpaired) electrons. The lowest BCUT2D eigenvalue weighted by Crippen LogP contribution is -2.25. The van der Waals surface area contributed by atoms with Gasteiger partial charge in [0.05, 0.1) is 5.25 Å². The largest absolute Gasteiger partial charge is 0.492 e. The predicted molar refractivity (Wildman–Crippen MR) is 76.9 cm³/mol. The number of benzene rings is 1. The summed E-state index contributed by atoms with van der Waals surface area (Å²) in [6.07, 6.45) is 0.541. The van der Waals surface area contributed by atoms with Crippen molar-refractivity contribution in [1.82, 2.24) is 5.32 Å². The van der Waals surface area contributed by atoms with Gasteiger partial charge in [0.2, 0.25) is 5.91 Å². The van der Waals surface area contributed by atoms with Crippen molar-refractivity contribution in [1.29, 1.82) is 0 Å². The molecule has 1 saturated heterocycles. The molecule has 1 heterocycles. The number of nitrogens with two attached hydrogens (primary N) is 1. The van der Waals surface area contributed by atoms with Gasteiger partial charge in [0.25, 0.3) is 5.24 Å². The summed E-state index contributed by atoms with van der Waals surface area (Å²) in [6, 6.07) is 7.46. The maximum absolute atomic E-state index is 11.4. The Morgan fingerprint density at radius 1 is 1.26 bits per heavy atom. The van der Waals surface area contributed by atoms with E-state index >= 15 is 0 Å². The molecular formula is C12H15ClN2O3S. The van der Waals surface area contributed by atoms with Gasteiger partial charge in [-0.25, -0.2) is 0 Å². The zero-order valence-electron chi connectivity index (χ0n) is 10.1. The SMILES string of the molecule is Cl.NCCOc1ccc(CC2SC(=O)NC2=O)cc1. The molecule has 0 spiro atoms. The van der Waals surface area contributed by atoms with Crippen LogP contribution in [0.25, 0.3) is 0 Å². The number of ether oxygens (including phenoxy) is 1. The molecule has 7 heteroatoms. The highest BCUT2D eigenvalue weighted by atomic mass is 35.5. The number of nitrogens with one attached hydrogen (secondary N) is 1. The quantitative estimate of drug-likeness (QED) is 0.858. The van der Waals surface area contributed by atoms with Crippen molar-refractivity contribution in [3.8, 4) is 5.75 Å². The minimum absolute atomic E-state index is 0. The van der Waals surface area contributed by atoms with E-state index in [0.717, 1.165) is 23.1 Å². The predicted octanol–water partition coefficient (Wildman–Crippen LogP) is 1.34. The Bertz CT molecular complexity index is 453. The van der Waals surface area contributed by atoms with Crippen LogP contribution in [0.3, 0.4) is 0 Å². The Morgan fingerprint density at radius 2 is 1.95 bits per heavy atom. The van der Waals surface area contributed by atoms with Crippen LogP contribution in [-0.4, -0.2) is 29.5 Å². The zero-order valence-corrected chi connectivity index (χ0v) is 11.8. The molecule has 1 unspecified atom stereocenters. The molecular weight excluding hydrogens is 288 g/mol. The number of hydrogen-bond acceptors (Lipinski definition) is 5. The molecule has 2 rings (SSSR count). The first kappa shape index (κ1) is 15.8. The number of thioether (sulfide) groups is 1. The van der Waals surface area contributed by atoms with E-state index in [-0.39, 0.29) is 28.8 Å². The third-order valence-corrected chi connectivity index (χ3v) is 3.48. The molecule has 0 bridgehead atoms. The topological polar surface area (TPSA) is 81.4 Å². The molecule has 0 saturated carbocycles. The lowest BCUT2D eigenvalue weighted by molar-refractivity contribution is -0.118. The first-order chi connectivity index (χ1) is 8.69. The molecule has 1 aliphatic rings. The summed E-state index contributed by atoms with van der Waals surface area (Å²) >= 11 is 1.04. The van der Waals surface area contributed by atoms with E-state index in [1.54, 1.807) is 0 Å². The van der Waals surface area contributed by atoms with Crippen LogP contribution in [-0.2, 0) is 11.2 Å². The molecule has 1 aromatic rings. The molecule has 3 N–H and O–H groups in total. The molecule has 2 amide bonds. The van der Waals surface area contributed by atoms with Crippen LogP contribution in [0.15, 0.2) is 24.3 Å². The van der Waals surface area contributed by atoms with Crippen molar-refractivity contribution in [3.05, 3.63) is 29.8 Å². The van der Waals surface area contributed by atoms with E-state index in [4.69, 9.17) is 10.5 Å². The van der Waals surface area contributed by atoms with Crippen LogP contribution in [0.2, 0.25) is 0 Å². The number of rotatable bonds is 5. The van der Waals surface area contributed by atoms with Gasteiger partial charge in [0.15, 0.2) is 0 Å². The van der Waals surface area contributed by atoms with Crippen molar-refractivity contribution in [2.75, 3.05) is 13.2 Å². The standard InChI is InChI=1S/C12H14N2O3S.ClH/c13-5-6-17-9-3-1-8(2-4-9)7-10-11(15)14-12(16)18-10;/h1-4,10H,5-7,13H2,(H,14,15,16);1H. The summed E-state index contributed by atoms with van der Waals surface area (Å²) in [5.74, 6) is 0.539. The highest BCUT2D eigenvalue weighted by molar-refractivity contribution is 8.15. The number of carbonyl (C=O) groups excluding carboxylic acids is 2. The molecule has 19 heavy (non-hydrogen) atoms. The second-order valence-corrected chi connectivity index (χ2v) is 5.04. The van der Waals surface area contributed by atoms with E-state index in [1.807, 2.05) is 24.3 Å². The number of carbonyl (C=O) groups is 2. The van der Waals surface area contributed by atoms with Crippen LogP contribution in [0, 0.1) is 0 Å². The molecule has 1 fully saturated rings. The molecule has 1 atom stereocenters. The Balaban J connectivity index is 0.00000180. The summed E-state index contributed by atoms with van der Waals surface area (Å²) in [6.45, 7) is 0.956. The van der Waals surface area contributed by atoms with Gasteiger partial charge >= 0.3 is 0 Å². The Morgan fingerprint density at radius 3 is 2.47 bits per heavy atom. The van der Waals surface area contributed by atoms with E-state index in [1.165, 1.54) is 0 Å². The van der Waals surface area contributed by atoms with E-state index in [0.29, 0.717) is 19.6 Å². The van der Waals surface area contributed by atoms with E-state index in [9.17, 15) is 9.59 Å². The van der Waals surface area contributed by atoms with Gasteiger partial charge in [-0.2, -0.15) is 0 Å². The molecule has 104 valence electrons. The van der Waals surface area contributed by atoms with E-state index < -0.39 is 0 Å². The van der Waals surface area contributed by atoms with Gasteiger partial charge < -0.3 is 10.5 Å². The summed E-state index contributed by atoms with van der Waals surface area (Å²) in [7, 11) is 0. The van der Waals surface area contributed by atoms with Gasteiger partial charge in [0, 0.05) is 6.54 Å². The molecule has 1 aromatic carbocycles. The van der Waals surface area contributed by atoms with Crippen LogP contribution >= 0.6 is 24.2 Å². The number of halogens is 1. The summed E-state index contributed by atoms with van der Waals surface area (Å²) in [4.78, 5) is 22.4. The average Bonchev–Trinajstić information content (AvgIpc) is 2.67. The third kappa shape index (κ3) is 4.41. The first-order valence-corrected chi connectivity index (χ1v) is 6.50. The van der Waals surface area contributed by atoms with Crippen molar-refractivity contribution in [2.45, 2.75) is 11.7 Å². The van der Waals surface area contributed by atoms with Gasteiger partial charge in [0.1, 0.15) is 12.4 Å². The Kier molecular flexibility index (Phi) is 6.14. The number of hydrogen-bond donors (Lipinski definition) is 2. The second kappa shape index (κ2) is 7.37. The number of amides is 2. The van der Waals surface area contributed by atoms with E-state index in [2.05, 4.69) is 5.32 Å². The highest BCUT2D eigenvalue weighted by Gasteiger charge is 2.31. The minimum atomic E-state index is -0.326. The molecule has 5 nitrogen and oxygen atoms in total. The van der Waals surface area contributed by atoms with Gasteiger partial charge in [-0.3, -0.25) is 14.9 Å². The molecule has 0 aliphatic carbocycles. The zero-order chi connectivity index (χ0) is 13.0. The molecule has 0 aromatic heterocycles. The van der Waals surface area contributed by atoms with Gasteiger partial charge in [-0.05, 0) is 24.1 Å². The summed E-state index contributed by atoms with van der Waals surface area (Å²) in [5.41, 5.74) is 6.34. The Hall–Kier alpha value is -1.24. The van der Waals surface area contributed by atoms with Crippen LogP contribution in [0.5, 0.6) is 5.75 Å². The van der Waals surface area contributed by atoms with Crippen molar-refractivity contribution < 1.29 is 14.3 Å². The second-order valence-electron chi connectivity index (χ2n) is 3.87. The minimum Gasteiger partial charge on any atom is -0.492 e. The lowest BCUT2D eigenvalue weighted by atomic mass is 10.1. The summed E-state index contributed by atoms with van der Waals surface area (Å²) in [5, 5.41) is 1.68. The maximum Gasteiger partial charge on any atom is 0.286 e. The lowest BCUT2D eigenvalue weighted by Gasteiger charge is -2.07. The maximum atomic E-state index is 11.4. The fraction of sp³-hybridized carbons (Fsp3) is 0.333. The van der Waals surface area contributed by atoms with Crippen LogP contribution in [0.4, 0.5) is 4.79 Å². The Labute approximate surface area is 121 Å². The highest BCUT2D eigenvalue weighted by Crippen LogP contribution is 2.23. The summed E-state index contributed by atoms with van der Waals surface area (Å²) < 4.78 is 5.35. The van der Waals surface area contributed by atoms with Crippen LogP contribution in [0.1, 0.15) is 5.56 Å².